The summed E-state index contributed by atoms with van der Waals surface area (Å²) in [5, 5.41) is 0. The Labute approximate surface area is 61.9 Å². The van der Waals surface area contributed by atoms with Crippen LogP contribution in [0.2, 0.25) is 0 Å². The predicted molar refractivity (Wildman–Crippen MR) is 40.2 cm³/mol. The van der Waals surface area contributed by atoms with Gasteiger partial charge in [-0.25, -0.2) is 13.1 Å². The fourth-order valence-electron chi connectivity index (χ4n) is 1.10. The lowest BCUT2D eigenvalue weighted by Gasteiger charge is -2.11. The van der Waals surface area contributed by atoms with Crippen LogP contribution in [0.3, 0.4) is 0 Å². The van der Waals surface area contributed by atoms with Crippen LogP contribution in [0.4, 0.5) is 0 Å². The highest BCUT2D eigenvalue weighted by Crippen LogP contribution is 2.14. The van der Waals surface area contributed by atoms with Crippen LogP contribution in [0.1, 0.15) is 20.3 Å². The van der Waals surface area contributed by atoms with Crippen LogP contribution in [0.15, 0.2) is 0 Å². The van der Waals surface area contributed by atoms with E-state index in [9.17, 15) is 8.42 Å². The summed E-state index contributed by atoms with van der Waals surface area (Å²) in [6.07, 6.45) is 0.764. The molecule has 1 heterocycles. The van der Waals surface area contributed by atoms with Crippen LogP contribution in [-0.2, 0) is 10.0 Å². The predicted octanol–water partition coefficient (Wildman–Crippen LogP) is 0.334. The van der Waals surface area contributed by atoms with Crippen molar-refractivity contribution in [2.24, 2.45) is 5.92 Å². The molecule has 1 unspecified atom stereocenters. The van der Waals surface area contributed by atoms with E-state index in [4.69, 9.17) is 0 Å². The number of nitrogens with one attached hydrogen (secondary N) is 1. The first-order valence-corrected chi connectivity index (χ1v) is 5.16. The van der Waals surface area contributed by atoms with E-state index in [1.54, 1.807) is 0 Å². The minimum atomic E-state index is -2.89. The molecule has 1 aliphatic heterocycles. The highest BCUT2D eigenvalue weighted by molar-refractivity contribution is 7.89. The molecule has 60 valence electrons. The average Bonchev–Trinajstić information content (AvgIpc) is 2.10. The van der Waals surface area contributed by atoms with Gasteiger partial charge >= 0.3 is 0 Å². The van der Waals surface area contributed by atoms with E-state index in [0.717, 1.165) is 6.42 Å². The van der Waals surface area contributed by atoms with Gasteiger partial charge in [-0.15, -0.1) is 0 Å². The Kier molecular flexibility index (Phi) is 2.01. The number of hydrogen-bond donors (Lipinski definition) is 1. The molecule has 0 aromatic rings. The molecule has 1 fully saturated rings. The summed E-state index contributed by atoms with van der Waals surface area (Å²) in [6, 6.07) is 0.171. The fourth-order valence-corrected chi connectivity index (χ4v) is 2.63. The van der Waals surface area contributed by atoms with Gasteiger partial charge in [0.15, 0.2) is 0 Å². The number of hydrogen-bond acceptors (Lipinski definition) is 2. The second-order valence-electron chi connectivity index (χ2n) is 3.08. The minimum Gasteiger partial charge on any atom is -0.212 e. The van der Waals surface area contributed by atoms with Gasteiger partial charge in [0.1, 0.15) is 0 Å². The van der Waals surface area contributed by atoms with Gasteiger partial charge in [-0.1, -0.05) is 13.8 Å². The van der Waals surface area contributed by atoms with Crippen LogP contribution in [0, 0.1) is 5.92 Å². The third kappa shape index (κ3) is 1.70. The first-order valence-electron chi connectivity index (χ1n) is 3.51. The van der Waals surface area contributed by atoms with Crippen LogP contribution < -0.4 is 4.72 Å². The standard InChI is InChI=1S/C6H13NO2S/c1-5(2)6-3-4-10(8,9)7-6/h5-7H,3-4H2,1-2H3. The quantitative estimate of drug-likeness (QED) is 0.605. The molecule has 0 amide bonds. The lowest BCUT2D eigenvalue weighted by atomic mass is 10.0. The summed E-state index contributed by atoms with van der Waals surface area (Å²) in [4.78, 5) is 0. The normalized spacial score (nSPS) is 31.3. The van der Waals surface area contributed by atoms with Crippen molar-refractivity contribution in [3.05, 3.63) is 0 Å². The molecule has 0 aromatic carbocycles. The summed E-state index contributed by atoms with van der Waals surface area (Å²) < 4.78 is 24.3. The lowest BCUT2D eigenvalue weighted by molar-refractivity contribution is 0.467. The zero-order valence-electron chi connectivity index (χ0n) is 6.29. The van der Waals surface area contributed by atoms with Gasteiger partial charge in [-0.3, -0.25) is 0 Å². The van der Waals surface area contributed by atoms with Crippen molar-refractivity contribution in [2.75, 3.05) is 5.75 Å². The molecule has 3 nitrogen and oxygen atoms in total. The van der Waals surface area contributed by atoms with Gasteiger partial charge in [0.25, 0.3) is 0 Å². The Morgan fingerprint density at radius 3 is 2.30 bits per heavy atom. The highest BCUT2D eigenvalue weighted by Gasteiger charge is 2.28. The van der Waals surface area contributed by atoms with E-state index in [1.807, 2.05) is 13.8 Å². The van der Waals surface area contributed by atoms with Crippen molar-refractivity contribution in [3.8, 4) is 0 Å². The molecule has 0 aromatic heterocycles. The zero-order valence-corrected chi connectivity index (χ0v) is 7.11. The monoisotopic (exact) mass is 163 g/mol. The average molecular weight is 163 g/mol. The van der Waals surface area contributed by atoms with Gasteiger partial charge in [-0.05, 0) is 12.3 Å². The molecule has 10 heavy (non-hydrogen) atoms. The van der Waals surface area contributed by atoms with Gasteiger partial charge in [-0.2, -0.15) is 0 Å². The Balaban J connectivity index is 2.60. The second kappa shape index (κ2) is 2.51. The largest absolute Gasteiger partial charge is 0.212 e. The third-order valence-electron chi connectivity index (χ3n) is 1.83. The minimum absolute atomic E-state index is 0.171. The Morgan fingerprint density at radius 2 is 2.10 bits per heavy atom. The molecule has 1 saturated heterocycles. The molecule has 0 radical (unpaired) electrons. The van der Waals surface area contributed by atoms with E-state index in [1.165, 1.54) is 0 Å². The van der Waals surface area contributed by atoms with Gasteiger partial charge in [0.05, 0.1) is 5.75 Å². The summed E-state index contributed by atoms with van der Waals surface area (Å²) in [5.74, 6) is 0.716. The van der Waals surface area contributed by atoms with Crippen molar-refractivity contribution in [1.29, 1.82) is 0 Å². The molecule has 0 spiro atoms. The van der Waals surface area contributed by atoms with Crippen molar-refractivity contribution < 1.29 is 8.42 Å². The van der Waals surface area contributed by atoms with E-state index in [-0.39, 0.29) is 6.04 Å². The first kappa shape index (κ1) is 8.01. The van der Waals surface area contributed by atoms with E-state index < -0.39 is 10.0 Å². The Hall–Kier alpha value is -0.0900. The van der Waals surface area contributed by atoms with Crippen molar-refractivity contribution in [1.82, 2.24) is 4.72 Å². The van der Waals surface area contributed by atoms with E-state index in [0.29, 0.717) is 11.7 Å². The Morgan fingerprint density at radius 1 is 1.50 bits per heavy atom. The molecule has 0 saturated carbocycles. The zero-order chi connectivity index (χ0) is 7.78. The van der Waals surface area contributed by atoms with E-state index in [2.05, 4.69) is 4.72 Å². The lowest BCUT2D eigenvalue weighted by Crippen LogP contribution is -2.29. The fraction of sp³-hybridized carbons (Fsp3) is 1.00. The van der Waals surface area contributed by atoms with Crippen LogP contribution in [0.5, 0.6) is 0 Å². The maximum Gasteiger partial charge on any atom is 0.211 e. The van der Waals surface area contributed by atoms with Gasteiger partial charge < -0.3 is 0 Å². The maximum atomic E-state index is 10.8. The number of rotatable bonds is 1. The molecular formula is C6H13NO2S. The molecule has 1 N–H and O–H groups in total. The SMILES string of the molecule is CC(C)C1CCS(=O)(=O)N1. The maximum absolute atomic E-state index is 10.8. The molecule has 1 aliphatic rings. The topological polar surface area (TPSA) is 46.2 Å². The van der Waals surface area contributed by atoms with Crippen molar-refractivity contribution in [3.63, 3.8) is 0 Å². The molecule has 4 heteroatoms. The van der Waals surface area contributed by atoms with E-state index >= 15 is 0 Å². The first-order chi connectivity index (χ1) is 4.51. The second-order valence-corrected chi connectivity index (χ2v) is 4.95. The van der Waals surface area contributed by atoms with Crippen molar-refractivity contribution >= 4 is 10.0 Å². The van der Waals surface area contributed by atoms with Gasteiger partial charge in [0, 0.05) is 6.04 Å². The molecule has 0 aliphatic carbocycles. The number of sulfonamides is 1. The smallest absolute Gasteiger partial charge is 0.211 e. The van der Waals surface area contributed by atoms with Crippen LogP contribution >= 0.6 is 0 Å². The third-order valence-corrected chi connectivity index (χ3v) is 3.27. The summed E-state index contributed by atoms with van der Waals surface area (Å²) in [7, 11) is -2.89. The molecule has 1 atom stereocenters. The molecule has 1 rings (SSSR count). The molecular weight excluding hydrogens is 150 g/mol. The van der Waals surface area contributed by atoms with Gasteiger partial charge in [0.2, 0.25) is 10.0 Å². The summed E-state index contributed by atoms with van der Waals surface area (Å²) in [5.41, 5.74) is 0. The van der Waals surface area contributed by atoms with Crippen LogP contribution in [-0.4, -0.2) is 20.2 Å². The van der Waals surface area contributed by atoms with Crippen LogP contribution in [0.25, 0.3) is 0 Å². The summed E-state index contributed by atoms with van der Waals surface area (Å²) >= 11 is 0. The Bertz CT molecular complexity index is 208. The van der Waals surface area contributed by atoms with Crippen molar-refractivity contribution in [2.45, 2.75) is 26.3 Å². The molecule has 0 bridgehead atoms. The highest BCUT2D eigenvalue weighted by atomic mass is 32.2. The summed E-state index contributed by atoms with van der Waals surface area (Å²) in [6.45, 7) is 4.05.